The fraction of sp³-hybridized carbons (Fsp3) is 0.533. The molecule has 0 N–H and O–H groups in total. The summed E-state index contributed by atoms with van der Waals surface area (Å²) in [7, 11) is 2.12. The Balaban J connectivity index is 2.26. The van der Waals surface area contributed by atoms with Crippen molar-refractivity contribution in [3.63, 3.8) is 0 Å². The summed E-state index contributed by atoms with van der Waals surface area (Å²) in [5.41, 5.74) is 1.80. The summed E-state index contributed by atoms with van der Waals surface area (Å²) >= 11 is 3.46. The SMILES string of the molecule is CC1CCCC(N(C)c2cccc(Br)c2C#N)C1. The molecule has 2 nitrogen and oxygen atoms in total. The maximum absolute atomic E-state index is 9.29. The van der Waals surface area contributed by atoms with Crippen LogP contribution in [0, 0.1) is 17.2 Å². The fourth-order valence-corrected chi connectivity index (χ4v) is 3.31. The average molecular weight is 307 g/mol. The first-order chi connectivity index (χ1) is 8.63. The van der Waals surface area contributed by atoms with E-state index in [9.17, 15) is 5.26 Å². The molecule has 0 spiro atoms. The Kier molecular flexibility index (Phi) is 4.29. The molecule has 18 heavy (non-hydrogen) atoms. The van der Waals surface area contributed by atoms with Crippen LogP contribution in [-0.2, 0) is 0 Å². The third-order valence-corrected chi connectivity index (χ3v) is 4.60. The van der Waals surface area contributed by atoms with Gasteiger partial charge in [-0.3, -0.25) is 0 Å². The van der Waals surface area contributed by atoms with Gasteiger partial charge in [0.2, 0.25) is 0 Å². The summed E-state index contributed by atoms with van der Waals surface area (Å²) in [6.07, 6.45) is 5.10. The van der Waals surface area contributed by atoms with Gasteiger partial charge in [-0.25, -0.2) is 0 Å². The molecule has 0 saturated heterocycles. The molecular formula is C15H19BrN2. The highest BCUT2D eigenvalue weighted by atomic mass is 79.9. The Morgan fingerprint density at radius 3 is 2.83 bits per heavy atom. The van der Waals surface area contributed by atoms with E-state index >= 15 is 0 Å². The molecule has 3 heteroatoms. The van der Waals surface area contributed by atoms with E-state index in [1.54, 1.807) is 0 Å². The number of nitrogens with zero attached hydrogens (tertiary/aromatic N) is 2. The predicted molar refractivity (Wildman–Crippen MR) is 78.7 cm³/mol. The van der Waals surface area contributed by atoms with Crippen molar-refractivity contribution >= 4 is 21.6 Å². The molecule has 1 fully saturated rings. The fourth-order valence-electron chi connectivity index (χ4n) is 2.87. The molecule has 0 aromatic heterocycles. The van der Waals surface area contributed by atoms with E-state index in [2.05, 4.69) is 40.9 Å². The molecule has 1 saturated carbocycles. The Bertz CT molecular complexity index is 464. The van der Waals surface area contributed by atoms with Gasteiger partial charge in [0, 0.05) is 17.6 Å². The largest absolute Gasteiger partial charge is 0.371 e. The summed E-state index contributed by atoms with van der Waals surface area (Å²) in [6, 6.07) is 8.85. The van der Waals surface area contributed by atoms with E-state index in [1.807, 2.05) is 18.2 Å². The molecule has 0 heterocycles. The van der Waals surface area contributed by atoms with E-state index in [0.717, 1.165) is 21.6 Å². The zero-order valence-electron chi connectivity index (χ0n) is 11.0. The molecule has 1 aromatic carbocycles. The smallest absolute Gasteiger partial charge is 0.103 e. The summed E-state index contributed by atoms with van der Waals surface area (Å²) in [5.74, 6) is 0.795. The molecule has 2 rings (SSSR count). The highest BCUT2D eigenvalue weighted by molar-refractivity contribution is 9.10. The van der Waals surface area contributed by atoms with Crippen LogP contribution in [0.3, 0.4) is 0 Å². The van der Waals surface area contributed by atoms with Crippen LogP contribution >= 0.6 is 15.9 Å². The zero-order valence-corrected chi connectivity index (χ0v) is 12.6. The molecule has 1 aliphatic rings. The molecule has 2 atom stereocenters. The van der Waals surface area contributed by atoms with Crippen LogP contribution in [0.25, 0.3) is 0 Å². The summed E-state index contributed by atoms with van der Waals surface area (Å²) in [6.45, 7) is 2.33. The van der Waals surface area contributed by atoms with Crippen molar-refractivity contribution in [1.29, 1.82) is 5.26 Å². The van der Waals surface area contributed by atoms with Crippen molar-refractivity contribution < 1.29 is 0 Å². The maximum atomic E-state index is 9.29. The number of halogens is 1. The minimum atomic E-state index is 0.565. The van der Waals surface area contributed by atoms with Crippen LogP contribution in [0.4, 0.5) is 5.69 Å². The Labute approximate surface area is 118 Å². The monoisotopic (exact) mass is 306 g/mol. The number of benzene rings is 1. The van der Waals surface area contributed by atoms with Crippen LogP contribution in [0.15, 0.2) is 22.7 Å². The minimum Gasteiger partial charge on any atom is -0.371 e. The highest BCUT2D eigenvalue weighted by Crippen LogP contribution is 2.33. The van der Waals surface area contributed by atoms with E-state index < -0.39 is 0 Å². The van der Waals surface area contributed by atoms with Crippen LogP contribution in [-0.4, -0.2) is 13.1 Å². The predicted octanol–water partition coefficient (Wildman–Crippen LogP) is 4.34. The van der Waals surface area contributed by atoms with Crippen molar-refractivity contribution in [2.45, 2.75) is 38.6 Å². The molecular weight excluding hydrogens is 288 g/mol. The van der Waals surface area contributed by atoms with Crippen LogP contribution < -0.4 is 4.90 Å². The third kappa shape index (κ3) is 2.70. The van der Waals surface area contributed by atoms with Gasteiger partial charge in [-0.2, -0.15) is 5.26 Å². The van der Waals surface area contributed by atoms with Gasteiger partial charge in [0.05, 0.1) is 11.3 Å². The zero-order chi connectivity index (χ0) is 13.1. The van der Waals surface area contributed by atoms with Crippen molar-refractivity contribution in [2.24, 2.45) is 5.92 Å². The Morgan fingerprint density at radius 1 is 1.39 bits per heavy atom. The van der Waals surface area contributed by atoms with Crippen molar-refractivity contribution in [3.8, 4) is 6.07 Å². The Morgan fingerprint density at radius 2 is 2.17 bits per heavy atom. The maximum Gasteiger partial charge on any atom is 0.103 e. The van der Waals surface area contributed by atoms with Gasteiger partial charge in [-0.1, -0.05) is 25.8 Å². The van der Waals surface area contributed by atoms with Crippen molar-refractivity contribution in [2.75, 3.05) is 11.9 Å². The topological polar surface area (TPSA) is 27.0 Å². The molecule has 2 unspecified atom stereocenters. The molecule has 0 bridgehead atoms. The minimum absolute atomic E-state index is 0.565. The summed E-state index contributed by atoms with van der Waals surface area (Å²) in [5, 5.41) is 9.29. The Hall–Kier alpha value is -1.01. The van der Waals surface area contributed by atoms with Crippen molar-refractivity contribution in [3.05, 3.63) is 28.2 Å². The normalized spacial score (nSPS) is 23.4. The second kappa shape index (κ2) is 5.75. The lowest BCUT2D eigenvalue weighted by Crippen LogP contribution is -2.36. The van der Waals surface area contributed by atoms with Gasteiger partial charge >= 0.3 is 0 Å². The average Bonchev–Trinajstić information content (AvgIpc) is 2.37. The van der Waals surface area contributed by atoms with Gasteiger partial charge in [0.15, 0.2) is 0 Å². The second-order valence-corrected chi connectivity index (χ2v) is 6.14. The standard InChI is InChI=1S/C15H19BrN2/c1-11-5-3-6-12(9-11)18(2)15-8-4-7-14(16)13(15)10-17/h4,7-8,11-12H,3,5-6,9H2,1-2H3. The lowest BCUT2D eigenvalue weighted by atomic mass is 9.86. The summed E-state index contributed by atoms with van der Waals surface area (Å²) < 4.78 is 0.887. The lowest BCUT2D eigenvalue weighted by molar-refractivity contribution is 0.336. The number of nitriles is 1. The van der Waals surface area contributed by atoms with E-state index in [1.165, 1.54) is 25.7 Å². The molecule has 0 radical (unpaired) electrons. The third-order valence-electron chi connectivity index (χ3n) is 3.94. The van der Waals surface area contributed by atoms with Gasteiger partial charge < -0.3 is 4.90 Å². The summed E-state index contributed by atoms with van der Waals surface area (Å²) in [4.78, 5) is 2.29. The molecule has 1 aromatic rings. The number of hydrogen-bond donors (Lipinski definition) is 0. The first kappa shape index (κ1) is 13.4. The van der Waals surface area contributed by atoms with E-state index in [-0.39, 0.29) is 0 Å². The van der Waals surface area contributed by atoms with Gasteiger partial charge in [0.25, 0.3) is 0 Å². The van der Waals surface area contributed by atoms with Gasteiger partial charge in [-0.05, 0) is 46.8 Å². The van der Waals surface area contributed by atoms with Gasteiger partial charge in [0.1, 0.15) is 6.07 Å². The first-order valence-corrected chi connectivity index (χ1v) is 7.34. The van der Waals surface area contributed by atoms with Crippen molar-refractivity contribution in [1.82, 2.24) is 0 Å². The highest BCUT2D eigenvalue weighted by Gasteiger charge is 2.24. The number of rotatable bonds is 2. The first-order valence-electron chi connectivity index (χ1n) is 6.55. The van der Waals surface area contributed by atoms with Gasteiger partial charge in [-0.15, -0.1) is 0 Å². The number of anilines is 1. The van der Waals surface area contributed by atoms with Crippen LogP contribution in [0.2, 0.25) is 0 Å². The van der Waals surface area contributed by atoms with Crippen LogP contribution in [0.5, 0.6) is 0 Å². The van der Waals surface area contributed by atoms with E-state index in [0.29, 0.717) is 6.04 Å². The second-order valence-electron chi connectivity index (χ2n) is 5.28. The molecule has 96 valence electrons. The molecule has 0 aliphatic heterocycles. The number of hydrogen-bond acceptors (Lipinski definition) is 2. The van der Waals surface area contributed by atoms with Crippen LogP contribution in [0.1, 0.15) is 38.2 Å². The molecule has 0 amide bonds. The van der Waals surface area contributed by atoms with E-state index in [4.69, 9.17) is 0 Å². The molecule has 1 aliphatic carbocycles. The quantitative estimate of drug-likeness (QED) is 0.813. The lowest BCUT2D eigenvalue weighted by Gasteiger charge is -2.36.